The van der Waals surface area contributed by atoms with Crippen LogP contribution in [-0.2, 0) is 9.47 Å². The van der Waals surface area contributed by atoms with E-state index in [1.807, 2.05) is 0 Å². The molecule has 0 amide bonds. The van der Waals surface area contributed by atoms with Crippen LogP contribution in [0.2, 0.25) is 0 Å². The molecule has 0 aliphatic carbocycles. The maximum atomic E-state index is 12.9. The maximum Gasteiger partial charge on any atom is 0.220 e. The Bertz CT molecular complexity index is 253. The van der Waals surface area contributed by atoms with Gasteiger partial charge in [-0.15, -0.1) is 0 Å². The van der Waals surface area contributed by atoms with E-state index in [2.05, 4.69) is 0 Å². The van der Waals surface area contributed by atoms with Crippen LogP contribution in [0, 0.1) is 5.82 Å². The fourth-order valence-corrected chi connectivity index (χ4v) is 1.11. The van der Waals surface area contributed by atoms with E-state index >= 15 is 0 Å². The van der Waals surface area contributed by atoms with Gasteiger partial charge in [0.15, 0.2) is 11.6 Å². The van der Waals surface area contributed by atoms with Crippen molar-refractivity contribution in [2.45, 2.75) is 12.7 Å². The molecule has 1 aromatic heterocycles. The van der Waals surface area contributed by atoms with E-state index in [1.165, 1.54) is 12.3 Å². The van der Waals surface area contributed by atoms with Crippen LogP contribution in [0.3, 0.4) is 0 Å². The van der Waals surface area contributed by atoms with Crippen LogP contribution in [0.15, 0.2) is 16.7 Å². The Morgan fingerprint density at radius 1 is 1.33 bits per heavy atom. The summed E-state index contributed by atoms with van der Waals surface area (Å²) in [6.45, 7) is 1.18. The van der Waals surface area contributed by atoms with Gasteiger partial charge in [-0.3, -0.25) is 0 Å². The Balaban J connectivity index is 2.13. The lowest BCUT2D eigenvalue weighted by atomic mass is 10.4. The van der Waals surface area contributed by atoms with Crippen LogP contribution in [0.25, 0.3) is 0 Å². The summed E-state index contributed by atoms with van der Waals surface area (Å²) in [5, 5.41) is 0. The first-order valence-corrected chi connectivity index (χ1v) is 3.84. The molecule has 12 heavy (non-hydrogen) atoms. The summed E-state index contributed by atoms with van der Waals surface area (Å²) >= 11 is 0. The van der Waals surface area contributed by atoms with Crippen molar-refractivity contribution in [2.75, 3.05) is 13.2 Å². The van der Waals surface area contributed by atoms with Crippen molar-refractivity contribution in [3.8, 4) is 0 Å². The zero-order valence-corrected chi connectivity index (χ0v) is 6.46. The fourth-order valence-electron chi connectivity index (χ4n) is 1.11. The number of hydrogen-bond donors (Lipinski definition) is 0. The third-order valence-corrected chi connectivity index (χ3v) is 1.69. The zero-order chi connectivity index (χ0) is 8.39. The minimum absolute atomic E-state index is 0.134. The molecule has 1 aliphatic rings. The highest BCUT2D eigenvalue weighted by Gasteiger charge is 2.22. The SMILES string of the molecule is Fc1ccoc1C1OCCCO1. The molecular weight excluding hydrogens is 163 g/mol. The number of hydrogen-bond acceptors (Lipinski definition) is 3. The van der Waals surface area contributed by atoms with Crippen LogP contribution < -0.4 is 0 Å². The summed E-state index contributed by atoms with van der Waals surface area (Å²) in [4.78, 5) is 0. The number of rotatable bonds is 1. The first-order valence-electron chi connectivity index (χ1n) is 3.84. The van der Waals surface area contributed by atoms with E-state index in [1.54, 1.807) is 0 Å². The second kappa shape index (κ2) is 3.25. The Morgan fingerprint density at radius 2 is 2.08 bits per heavy atom. The number of ether oxygens (including phenoxy) is 2. The molecule has 0 bridgehead atoms. The number of furan rings is 1. The van der Waals surface area contributed by atoms with E-state index in [4.69, 9.17) is 13.9 Å². The lowest BCUT2D eigenvalue weighted by Crippen LogP contribution is -2.17. The minimum Gasteiger partial charge on any atom is -0.461 e. The summed E-state index contributed by atoms with van der Waals surface area (Å²) in [5.41, 5.74) is 0. The van der Waals surface area contributed by atoms with Crippen molar-refractivity contribution < 1.29 is 18.3 Å². The molecule has 0 unspecified atom stereocenters. The third kappa shape index (κ3) is 1.35. The van der Waals surface area contributed by atoms with Crippen LogP contribution in [0.5, 0.6) is 0 Å². The van der Waals surface area contributed by atoms with E-state index < -0.39 is 12.1 Å². The molecule has 2 heterocycles. The van der Waals surface area contributed by atoms with Gasteiger partial charge < -0.3 is 13.9 Å². The van der Waals surface area contributed by atoms with E-state index in [0.717, 1.165) is 6.42 Å². The molecule has 1 fully saturated rings. The fraction of sp³-hybridized carbons (Fsp3) is 0.500. The summed E-state index contributed by atoms with van der Waals surface area (Å²) in [6.07, 6.45) is 1.47. The first kappa shape index (κ1) is 7.76. The zero-order valence-electron chi connectivity index (χ0n) is 6.46. The second-order valence-corrected chi connectivity index (χ2v) is 2.56. The molecule has 0 atom stereocenters. The molecule has 1 saturated heterocycles. The molecule has 1 aromatic rings. The summed E-state index contributed by atoms with van der Waals surface area (Å²) in [5.74, 6) is -0.281. The molecule has 4 heteroatoms. The number of halogens is 1. The molecule has 0 saturated carbocycles. The van der Waals surface area contributed by atoms with Gasteiger partial charge in [-0.2, -0.15) is 0 Å². The van der Waals surface area contributed by atoms with Crippen molar-refractivity contribution in [1.29, 1.82) is 0 Å². The molecule has 3 nitrogen and oxygen atoms in total. The van der Waals surface area contributed by atoms with Crippen molar-refractivity contribution >= 4 is 0 Å². The van der Waals surface area contributed by atoms with Gasteiger partial charge in [-0.05, 0) is 6.42 Å². The van der Waals surface area contributed by atoms with E-state index in [0.29, 0.717) is 13.2 Å². The molecule has 1 aliphatic heterocycles. The Morgan fingerprint density at radius 3 is 2.67 bits per heavy atom. The molecule has 0 spiro atoms. The molecule has 66 valence electrons. The Kier molecular flexibility index (Phi) is 2.10. The van der Waals surface area contributed by atoms with Gasteiger partial charge in [0, 0.05) is 6.07 Å². The van der Waals surface area contributed by atoms with Gasteiger partial charge in [0.1, 0.15) is 0 Å². The molecule has 0 aromatic carbocycles. The maximum absolute atomic E-state index is 12.9. The topological polar surface area (TPSA) is 31.6 Å². The summed E-state index contributed by atoms with van der Waals surface area (Å²) < 4.78 is 28.1. The second-order valence-electron chi connectivity index (χ2n) is 2.56. The largest absolute Gasteiger partial charge is 0.461 e. The molecule has 0 radical (unpaired) electrons. The van der Waals surface area contributed by atoms with Crippen LogP contribution in [-0.4, -0.2) is 13.2 Å². The van der Waals surface area contributed by atoms with E-state index in [9.17, 15) is 4.39 Å². The van der Waals surface area contributed by atoms with Crippen molar-refractivity contribution in [3.63, 3.8) is 0 Å². The lowest BCUT2D eigenvalue weighted by Gasteiger charge is -2.20. The van der Waals surface area contributed by atoms with Gasteiger partial charge >= 0.3 is 0 Å². The first-order chi connectivity index (χ1) is 5.88. The summed E-state index contributed by atoms with van der Waals surface area (Å²) in [6, 6.07) is 1.25. The average molecular weight is 172 g/mol. The van der Waals surface area contributed by atoms with Crippen molar-refractivity contribution in [1.82, 2.24) is 0 Å². The predicted molar refractivity (Wildman–Crippen MR) is 37.9 cm³/mol. The predicted octanol–water partition coefficient (Wildman–Crippen LogP) is 1.85. The molecule has 2 rings (SSSR count). The average Bonchev–Trinajstić information content (AvgIpc) is 2.53. The van der Waals surface area contributed by atoms with Crippen LogP contribution >= 0.6 is 0 Å². The Labute approximate surface area is 69.1 Å². The van der Waals surface area contributed by atoms with Gasteiger partial charge in [0.05, 0.1) is 19.5 Å². The summed E-state index contributed by atoms with van der Waals surface area (Å²) in [7, 11) is 0. The minimum atomic E-state index is -0.659. The lowest BCUT2D eigenvalue weighted by molar-refractivity contribution is -0.193. The highest BCUT2D eigenvalue weighted by atomic mass is 19.1. The Hall–Kier alpha value is -0.870. The third-order valence-electron chi connectivity index (χ3n) is 1.69. The van der Waals surface area contributed by atoms with Crippen LogP contribution in [0.1, 0.15) is 18.5 Å². The smallest absolute Gasteiger partial charge is 0.220 e. The molecule has 0 N–H and O–H groups in total. The quantitative estimate of drug-likeness (QED) is 0.647. The van der Waals surface area contributed by atoms with Crippen LogP contribution in [0.4, 0.5) is 4.39 Å². The van der Waals surface area contributed by atoms with Gasteiger partial charge in [0.25, 0.3) is 0 Å². The normalized spacial score (nSPS) is 19.8. The highest BCUT2D eigenvalue weighted by molar-refractivity contribution is 5.04. The van der Waals surface area contributed by atoms with E-state index in [-0.39, 0.29) is 5.76 Å². The van der Waals surface area contributed by atoms with Gasteiger partial charge in [0.2, 0.25) is 6.29 Å². The monoisotopic (exact) mass is 172 g/mol. The standard InChI is InChI=1S/C8H9FO3/c9-6-2-5-10-7(6)8-11-3-1-4-12-8/h2,5,8H,1,3-4H2. The molecular formula is C8H9FO3. The van der Waals surface area contributed by atoms with Crippen molar-refractivity contribution in [2.24, 2.45) is 0 Å². The highest BCUT2D eigenvalue weighted by Crippen LogP contribution is 2.25. The van der Waals surface area contributed by atoms with Gasteiger partial charge in [-0.25, -0.2) is 4.39 Å². The van der Waals surface area contributed by atoms with Crippen molar-refractivity contribution in [3.05, 3.63) is 23.9 Å². The van der Waals surface area contributed by atoms with Gasteiger partial charge in [-0.1, -0.05) is 0 Å².